The Kier molecular flexibility index (Phi) is 29.1. The molecule has 0 radical (unpaired) electrons. The zero-order valence-electron chi connectivity index (χ0n) is 48.8. The number of carbonyl (C=O) groups excluding carboxylic acids is 6. The Morgan fingerprint density at radius 3 is 1.85 bits per heavy atom. The molecule has 16 nitrogen and oxygen atoms in total. The summed E-state index contributed by atoms with van der Waals surface area (Å²) in [6, 6.07) is 13.1. The van der Waals surface area contributed by atoms with Crippen molar-refractivity contribution in [2.24, 2.45) is 28.8 Å². The molecule has 452 valence electrons. The number of esters is 5. The van der Waals surface area contributed by atoms with Crippen LogP contribution in [0.15, 0.2) is 116 Å². The van der Waals surface area contributed by atoms with Crippen LogP contribution in [0.2, 0.25) is 0 Å². The van der Waals surface area contributed by atoms with E-state index in [1.165, 1.54) is 23.0 Å². The number of aryl methyl sites for hydroxylation is 3. The van der Waals surface area contributed by atoms with Crippen LogP contribution in [0.1, 0.15) is 156 Å². The van der Waals surface area contributed by atoms with Crippen molar-refractivity contribution in [2.75, 3.05) is 44.6 Å². The number of fused-ring (bicyclic) bond motifs is 1. The smallest absolute Gasteiger partial charge is 0.330 e. The topological polar surface area (TPSA) is 207 Å². The number of ether oxygens (including phenoxy) is 6. The van der Waals surface area contributed by atoms with E-state index in [0.29, 0.717) is 106 Å². The molecule has 0 spiro atoms. The summed E-state index contributed by atoms with van der Waals surface area (Å²) in [7, 11) is 0. The van der Waals surface area contributed by atoms with Crippen molar-refractivity contribution >= 4 is 64.4 Å². The van der Waals surface area contributed by atoms with E-state index >= 15 is 0 Å². The summed E-state index contributed by atoms with van der Waals surface area (Å²) in [5.74, 6) is -1.39. The van der Waals surface area contributed by atoms with Crippen LogP contribution in [-0.2, 0) is 67.0 Å². The fraction of sp³-hybridized carbons (Fsp3) is 0.493. The van der Waals surface area contributed by atoms with Gasteiger partial charge in [0.25, 0.3) is 0 Å². The molecule has 17 heteroatoms. The van der Waals surface area contributed by atoms with E-state index in [1.807, 2.05) is 36.4 Å². The molecule has 3 aromatic rings. The SMILES string of the molecule is C=C/C=C(\C=C/COC(=O)C1CCC(C(=O)Oc2ccc(CCC(=O)C3CCC(C(=O)Oc4ccc(CCCCCCCCOC(=O)C=C)cc4)CC3)c(/C=N/N(CCO)c3nc4c(s3)CCC=C4)c2)CC1)OCCCCCCOC(=O)C=C. The van der Waals surface area contributed by atoms with Gasteiger partial charge in [-0.15, -0.1) is 0 Å². The van der Waals surface area contributed by atoms with Crippen LogP contribution in [0, 0.1) is 23.7 Å². The molecule has 0 saturated heterocycles. The predicted molar refractivity (Wildman–Crippen MR) is 326 cm³/mol. The van der Waals surface area contributed by atoms with Crippen molar-refractivity contribution < 1.29 is 62.3 Å². The molecule has 3 aliphatic rings. The summed E-state index contributed by atoms with van der Waals surface area (Å²) in [6.45, 7) is 12.0. The van der Waals surface area contributed by atoms with Gasteiger partial charge in [0.1, 0.15) is 29.6 Å². The third-order valence-electron chi connectivity index (χ3n) is 15.3. The highest BCUT2D eigenvalue weighted by molar-refractivity contribution is 7.15. The number of carbonyl (C=O) groups is 6. The summed E-state index contributed by atoms with van der Waals surface area (Å²) in [5.41, 5.74) is 3.58. The Labute approximate surface area is 499 Å². The number of Topliss-reactive ketones (excluding diaryl/α,β-unsaturated/α-hetero) is 1. The van der Waals surface area contributed by atoms with Crippen LogP contribution in [0.5, 0.6) is 11.5 Å². The lowest BCUT2D eigenvalue weighted by Gasteiger charge is -2.26. The zero-order chi connectivity index (χ0) is 59.7. The highest BCUT2D eigenvalue weighted by atomic mass is 32.1. The van der Waals surface area contributed by atoms with Crippen molar-refractivity contribution in [1.82, 2.24) is 4.98 Å². The molecule has 3 aliphatic carbocycles. The van der Waals surface area contributed by atoms with Gasteiger partial charge in [0.15, 0.2) is 0 Å². The largest absolute Gasteiger partial charge is 0.494 e. The molecule has 0 aliphatic heterocycles. The van der Waals surface area contributed by atoms with Crippen molar-refractivity contribution in [1.29, 1.82) is 0 Å². The first-order valence-corrected chi connectivity index (χ1v) is 30.9. The summed E-state index contributed by atoms with van der Waals surface area (Å²) >= 11 is 1.54. The summed E-state index contributed by atoms with van der Waals surface area (Å²) in [6.07, 6.45) is 32.3. The minimum atomic E-state index is -0.418. The molecule has 0 amide bonds. The van der Waals surface area contributed by atoms with Gasteiger partial charge in [0.05, 0.1) is 62.6 Å². The maximum Gasteiger partial charge on any atom is 0.330 e. The van der Waals surface area contributed by atoms with Gasteiger partial charge < -0.3 is 33.5 Å². The number of unbranched alkanes of at least 4 members (excludes halogenated alkanes) is 8. The van der Waals surface area contributed by atoms with Gasteiger partial charge in [-0.3, -0.25) is 19.2 Å². The Bertz CT molecular complexity index is 2760. The van der Waals surface area contributed by atoms with Crippen molar-refractivity contribution in [2.45, 2.75) is 148 Å². The first-order valence-electron chi connectivity index (χ1n) is 30.1. The number of thiazole rings is 1. The fourth-order valence-electron chi connectivity index (χ4n) is 10.4. The fourth-order valence-corrected chi connectivity index (χ4v) is 11.5. The Morgan fingerprint density at radius 1 is 0.667 bits per heavy atom. The number of hydrazone groups is 1. The highest BCUT2D eigenvalue weighted by Crippen LogP contribution is 2.35. The zero-order valence-corrected chi connectivity index (χ0v) is 49.6. The first kappa shape index (κ1) is 65.9. The lowest BCUT2D eigenvalue weighted by Crippen LogP contribution is -2.29. The minimum absolute atomic E-state index is 0.0702. The second-order valence-corrected chi connectivity index (χ2v) is 22.5. The normalized spacial score (nSPS) is 17.7. The Balaban J connectivity index is 0.958. The Hall–Kier alpha value is -7.24. The highest BCUT2D eigenvalue weighted by Gasteiger charge is 2.33. The molecule has 2 aromatic carbocycles. The number of hydrogen-bond donors (Lipinski definition) is 1. The molecule has 1 aromatic heterocycles. The van der Waals surface area contributed by atoms with E-state index in [4.69, 9.17) is 38.5 Å². The van der Waals surface area contributed by atoms with Gasteiger partial charge in [0.2, 0.25) is 5.13 Å². The van der Waals surface area contributed by atoms with Crippen molar-refractivity contribution in [3.8, 4) is 11.5 Å². The lowest BCUT2D eigenvalue weighted by molar-refractivity contribution is -0.151. The maximum absolute atomic E-state index is 13.8. The van der Waals surface area contributed by atoms with Crippen LogP contribution in [0.3, 0.4) is 0 Å². The number of benzene rings is 2. The van der Waals surface area contributed by atoms with Crippen LogP contribution in [-0.4, -0.2) is 91.5 Å². The van der Waals surface area contributed by atoms with Gasteiger partial charge >= 0.3 is 29.8 Å². The van der Waals surface area contributed by atoms with Gasteiger partial charge in [0, 0.05) is 34.9 Å². The number of rotatable bonds is 37. The molecule has 1 N–H and O–H groups in total. The predicted octanol–water partition coefficient (Wildman–Crippen LogP) is 12.6. The first-order chi connectivity index (χ1) is 41.0. The standard InChI is InChI=1S/C67H85N3O13S/c1-4-20-56(78-43-16-11-12-18-45-80-63(74)6-3)22-19-46-81-64(75)52-31-33-54(34-32-52)66(77)83-58-39-35-50(55(47-58)48-68-70(41-42-71)67-69-59-23-14-15-24-61(59)84-67)36-40-60(72)51-27-29-53(30-28-51)65(76)82-57-37-25-49(26-38-57)21-13-9-7-8-10-17-44-79-62(73)5-2/h4-6,14,19-20,22-23,25-26,35,37-39,47-48,51-54,71H,1-3,7-13,15-18,21,24,27-34,36,40-46H2/b22-19-,56-20+,68-48+. The number of nitrogens with zero attached hydrogens (tertiary/aromatic N) is 3. The number of aliphatic hydroxyl groups is 1. The van der Waals surface area contributed by atoms with E-state index in [0.717, 1.165) is 106 Å². The molecular formula is C67H85N3O13S. The second kappa shape index (κ2) is 37.2. The molecule has 2 saturated carbocycles. The molecule has 0 atom stereocenters. The molecule has 0 bridgehead atoms. The summed E-state index contributed by atoms with van der Waals surface area (Å²) in [5, 5.41) is 17.2. The van der Waals surface area contributed by atoms with Crippen molar-refractivity contribution in [3.05, 3.63) is 138 Å². The number of ketones is 1. The molecule has 1 heterocycles. The number of anilines is 1. The van der Waals surface area contributed by atoms with E-state index in [9.17, 15) is 33.9 Å². The average Bonchev–Trinajstić information content (AvgIpc) is 4.19. The monoisotopic (exact) mass is 1170 g/mol. The van der Waals surface area contributed by atoms with E-state index in [2.05, 4.69) is 25.8 Å². The molecule has 84 heavy (non-hydrogen) atoms. The maximum atomic E-state index is 13.8. The third kappa shape index (κ3) is 23.1. The number of hydrogen-bond acceptors (Lipinski definition) is 17. The number of aromatic nitrogens is 1. The third-order valence-corrected chi connectivity index (χ3v) is 16.4. The molecule has 0 unspecified atom stereocenters. The summed E-state index contributed by atoms with van der Waals surface area (Å²) < 4.78 is 33.3. The quantitative estimate of drug-likeness (QED) is 0.00656. The van der Waals surface area contributed by atoms with Crippen LogP contribution in [0.25, 0.3) is 6.08 Å². The average molecular weight is 1170 g/mol. The molecule has 2 fully saturated rings. The van der Waals surface area contributed by atoms with Crippen molar-refractivity contribution in [3.63, 3.8) is 0 Å². The lowest BCUT2D eigenvalue weighted by atomic mass is 9.79. The molecule has 6 rings (SSSR count). The summed E-state index contributed by atoms with van der Waals surface area (Å²) in [4.78, 5) is 82.1. The van der Waals surface area contributed by atoms with E-state index in [1.54, 1.807) is 47.7 Å². The Morgan fingerprint density at radius 2 is 1.24 bits per heavy atom. The number of allylic oxidation sites excluding steroid dienone is 4. The molecular weight excluding hydrogens is 1090 g/mol. The van der Waals surface area contributed by atoms with Gasteiger partial charge in [-0.05, 0) is 175 Å². The van der Waals surface area contributed by atoms with E-state index in [-0.39, 0.29) is 73.6 Å². The van der Waals surface area contributed by atoms with Crippen LogP contribution >= 0.6 is 11.3 Å². The van der Waals surface area contributed by atoms with Gasteiger partial charge in [-0.2, -0.15) is 5.10 Å². The number of aliphatic hydroxyl groups excluding tert-OH is 1. The van der Waals surface area contributed by atoms with Crippen LogP contribution < -0.4 is 14.5 Å². The van der Waals surface area contributed by atoms with Crippen LogP contribution in [0.4, 0.5) is 5.13 Å². The van der Waals surface area contributed by atoms with Gasteiger partial charge in [-0.25, -0.2) is 19.6 Å². The van der Waals surface area contributed by atoms with E-state index < -0.39 is 11.9 Å². The van der Waals surface area contributed by atoms with Gasteiger partial charge in [-0.1, -0.05) is 87.1 Å². The minimum Gasteiger partial charge on any atom is -0.494 e. The second-order valence-electron chi connectivity index (χ2n) is 21.5.